The van der Waals surface area contributed by atoms with E-state index in [1.54, 1.807) is 0 Å². The zero-order chi connectivity index (χ0) is 29.3. The first-order chi connectivity index (χ1) is 19.6. The minimum Gasteiger partial charge on any atom is -0.469 e. The summed E-state index contributed by atoms with van der Waals surface area (Å²) in [7, 11) is 2.89. The molecule has 2 aromatic rings. The third kappa shape index (κ3) is 6.21. The Hall–Kier alpha value is -1.64. The normalized spacial score (nSPS) is 33.4. The standard InChI is InChI=1S/C16H18BrClO3.C16H19ClO3/c1-20-14(19)9-15-6-7-16(21-10-15,13(17)8-15)11-2-4-12(18)5-3-11;1-19-14(18)10-15-6-8-16(9-7-15,20-11-15)12-2-4-13(17)5-3-12/h2-5,13H,6-10H2,1H3;2-5H,6-11H2,1H3. The van der Waals surface area contributed by atoms with E-state index >= 15 is 0 Å². The van der Waals surface area contributed by atoms with E-state index in [-0.39, 0.29) is 38.8 Å². The van der Waals surface area contributed by atoms with Gasteiger partial charge < -0.3 is 18.9 Å². The van der Waals surface area contributed by atoms with Crippen molar-refractivity contribution in [1.82, 2.24) is 0 Å². The maximum atomic E-state index is 11.6. The summed E-state index contributed by atoms with van der Waals surface area (Å²) in [6.07, 6.45) is 7.67. The molecule has 41 heavy (non-hydrogen) atoms. The molecule has 3 atom stereocenters. The fraction of sp³-hybridized carbons (Fsp3) is 0.562. The molecule has 4 heterocycles. The van der Waals surface area contributed by atoms with E-state index in [1.165, 1.54) is 19.8 Å². The SMILES string of the molecule is COC(=O)CC12CCC(c3ccc(Cl)cc3)(CC1)OC2.COC(=O)CC12CCC(c3ccc(Cl)cc3)(OC1)C(Br)C2. The molecule has 0 spiro atoms. The molecule has 0 radical (unpaired) electrons. The van der Waals surface area contributed by atoms with Gasteiger partial charge in [0.05, 0.1) is 45.9 Å². The fourth-order valence-electron chi connectivity index (χ4n) is 7.06. The highest BCUT2D eigenvalue weighted by Gasteiger charge is 2.56. The van der Waals surface area contributed by atoms with Crippen LogP contribution in [0.15, 0.2) is 48.5 Å². The Morgan fingerprint density at radius 1 is 0.756 bits per heavy atom. The molecule has 2 aliphatic carbocycles. The molecule has 2 saturated carbocycles. The molecule has 0 aromatic heterocycles. The van der Waals surface area contributed by atoms with Crippen molar-refractivity contribution in [2.45, 2.75) is 73.8 Å². The van der Waals surface area contributed by atoms with Gasteiger partial charge in [0.2, 0.25) is 0 Å². The maximum absolute atomic E-state index is 11.6. The molecular formula is C32H37BrCl2O6. The largest absolute Gasteiger partial charge is 0.469 e. The number of alkyl halides is 1. The smallest absolute Gasteiger partial charge is 0.306 e. The van der Waals surface area contributed by atoms with Crippen LogP contribution in [0.1, 0.15) is 68.9 Å². The molecule has 6 aliphatic rings. The van der Waals surface area contributed by atoms with E-state index in [0.717, 1.165) is 60.6 Å². The Morgan fingerprint density at radius 3 is 1.68 bits per heavy atom. The van der Waals surface area contributed by atoms with Crippen LogP contribution in [0.2, 0.25) is 10.0 Å². The van der Waals surface area contributed by atoms with Crippen molar-refractivity contribution in [1.29, 1.82) is 0 Å². The van der Waals surface area contributed by atoms with E-state index in [2.05, 4.69) is 28.1 Å². The number of ether oxygens (including phenoxy) is 4. The zero-order valence-electron chi connectivity index (χ0n) is 23.6. The van der Waals surface area contributed by atoms with Gasteiger partial charge in [0.1, 0.15) is 5.60 Å². The number of hydrogen-bond acceptors (Lipinski definition) is 6. The van der Waals surface area contributed by atoms with Gasteiger partial charge in [-0.3, -0.25) is 9.59 Å². The molecule has 6 nitrogen and oxygen atoms in total. The summed E-state index contributed by atoms with van der Waals surface area (Å²) in [5, 5.41) is 1.48. The van der Waals surface area contributed by atoms with E-state index < -0.39 is 0 Å². The quantitative estimate of drug-likeness (QED) is 0.232. The Labute approximate surface area is 260 Å². The number of fused-ring (bicyclic) bond motifs is 6. The van der Waals surface area contributed by atoms with Gasteiger partial charge in [0, 0.05) is 25.7 Å². The lowest BCUT2D eigenvalue weighted by Gasteiger charge is -2.55. The Morgan fingerprint density at radius 2 is 1.24 bits per heavy atom. The van der Waals surface area contributed by atoms with Crippen molar-refractivity contribution in [2.24, 2.45) is 10.8 Å². The first-order valence-corrected chi connectivity index (χ1v) is 15.8. The topological polar surface area (TPSA) is 71.1 Å². The van der Waals surface area contributed by atoms with Crippen molar-refractivity contribution >= 4 is 51.1 Å². The number of hydrogen-bond donors (Lipinski definition) is 0. The number of benzene rings is 2. The lowest BCUT2D eigenvalue weighted by Crippen LogP contribution is -2.56. The average Bonchev–Trinajstić information content (AvgIpc) is 2.99. The van der Waals surface area contributed by atoms with Crippen LogP contribution in [-0.2, 0) is 39.7 Å². The van der Waals surface area contributed by atoms with E-state index in [0.29, 0.717) is 26.1 Å². The number of rotatable bonds is 6. The molecule has 4 aliphatic heterocycles. The number of methoxy groups -OCH3 is 2. The first-order valence-electron chi connectivity index (χ1n) is 14.2. The van der Waals surface area contributed by atoms with E-state index in [4.69, 9.17) is 42.1 Å². The average molecular weight is 668 g/mol. The van der Waals surface area contributed by atoms with E-state index in [1.807, 2.05) is 36.4 Å². The number of carbonyl (C=O) groups excluding carboxylic acids is 2. The predicted molar refractivity (Wildman–Crippen MR) is 161 cm³/mol. The molecule has 4 saturated heterocycles. The van der Waals surface area contributed by atoms with Gasteiger partial charge in [-0.05, 0) is 80.3 Å². The molecule has 4 bridgehead atoms. The molecule has 8 rings (SSSR count). The van der Waals surface area contributed by atoms with Crippen LogP contribution in [0.3, 0.4) is 0 Å². The summed E-state index contributed by atoms with van der Waals surface area (Å²) in [4.78, 5) is 23.4. The molecule has 222 valence electrons. The molecule has 0 N–H and O–H groups in total. The van der Waals surface area contributed by atoms with Crippen LogP contribution < -0.4 is 0 Å². The zero-order valence-corrected chi connectivity index (χ0v) is 26.7. The lowest BCUT2D eigenvalue weighted by molar-refractivity contribution is -0.196. The van der Waals surface area contributed by atoms with Crippen molar-refractivity contribution in [3.8, 4) is 0 Å². The highest BCUT2D eigenvalue weighted by Crippen LogP contribution is 2.58. The molecular weight excluding hydrogens is 631 g/mol. The third-order valence-corrected chi connectivity index (χ3v) is 11.3. The number of carbonyl (C=O) groups is 2. The second-order valence-electron chi connectivity index (χ2n) is 12.2. The van der Waals surface area contributed by atoms with Crippen LogP contribution in [0, 0.1) is 10.8 Å². The second kappa shape index (κ2) is 12.2. The van der Waals surface area contributed by atoms with Gasteiger partial charge >= 0.3 is 11.9 Å². The van der Waals surface area contributed by atoms with Gasteiger partial charge in [-0.1, -0.05) is 63.4 Å². The second-order valence-corrected chi connectivity index (χ2v) is 14.1. The van der Waals surface area contributed by atoms with Crippen LogP contribution in [0.25, 0.3) is 0 Å². The van der Waals surface area contributed by atoms with E-state index in [9.17, 15) is 9.59 Å². The van der Waals surface area contributed by atoms with Crippen molar-refractivity contribution < 1.29 is 28.5 Å². The van der Waals surface area contributed by atoms with Crippen LogP contribution in [0.5, 0.6) is 0 Å². The summed E-state index contributed by atoms with van der Waals surface area (Å²) in [6.45, 7) is 1.25. The predicted octanol–water partition coefficient (Wildman–Crippen LogP) is 7.75. The lowest BCUT2D eigenvalue weighted by atomic mass is 9.63. The summed E-state index contributed by atoms with van der Waals surface area (Å²) >= 11 is 15.7. The van der Waals surface area contributed by atoms with Crippen molar-refractivity contribution in [3.05, 3.63) is 69.7 Å². The van der Waals surface area contributed by atoms with Gasteiger partial charge in [-0.15, -0.1) is 0 Å². The number of halogens is 3. The fourth-order valence-corrected chi connectivity index (χ4v) is 8.62. The molecule has 3 unspecified atom stereocenters. The molecule has 2 aromatic carbocycles. The van der Waals surface area contributed by atoms with Crippen LogP contribution in [-0.4, -0.2) is 44.2 Å². The Bertz CT molecular complexity index is 1220. The van der Waals surface area contributed by atoms with Crippen LogP contribution in [0.4, 0.5) is 0 Å². The number of esters is 2. The summed E-state index contributed by atoms with van der Waals surface area (Å²) in [5.74, 6) is -0.284. The molecule has 6 fully saturated rings. The van der Waals surface area contributed by atoms with Gasteiger partial charge in [0.25, 0.3) is 0 Å². The Kier molecular flexibility index (Phi) is 9.14. The minimum atomic E-state index is -0.303. The van der Waals surface area contributed by atoms with Crippen molar-refractivity contribution in [2.75, 3.05) is 27.4 Å². The van der Waals surface area contributed by atoms with Crippen LogP contribution >= 0.6 is 39.1 Å². The van der Waals surface area contributed by atoms with Crippen molar-refractivity contribution in [3.63, 3.8) is 0 Å². The summed E-state index contributed by atoms with van der Waals surface area (Å²) in [6, 6.07) is 15.8. The first kappa shape index (κ1) is 30.8. The summed E-state index contributed by atoms with van der Waals surface area (Å²) < 4.78 is 22.1. The van der Waals surface area contributed by atoms with Gasteiger partial charge in [0.15, 0.2) is 0 Å². The third-order valence-electron chi connectivity index (χ3n) is 9.75. The minimum absolute atomic E-state index is 0.0126. The van der Waals surface area contributed by atoms with Gasteiger partial charge in [-0.25, -0.2) is 0 Å². The highest BCUT2D eigenvalue weighted by atomic mass is 79.9. The monoisotopic (exact) mass is 666 g/mol. The van der Waals surface area contributed by atoms with Gasteiger partial charge in [-0.2, -0.15) is 0 Å². The molecule has 0 amide bonds. The summed E-state index contributed by atoms with van der Waals surface area (Å²) in [5.41, 5.74) is 1.77. The maximum Gasteiger partial charge on any atom is 0.306 e. The highest BCUT2D eigenvalue weighted by molar-refractivity contribution is 9.09. The Balaban J connectivity index is 0.000000165. The molecule has 9 heteroatoms.